The van der Waals surface area contributed by atoms with E-state index < -0.39 is 0 Å². The Kier molecular flexibility index (Phi) is 4.45. The first-order chi connectivity index (χ1) is 6.18. The fraction of sp³-hybridized carbons (Fsp3) is 0.889. The first kappa shape index (κ1) is 10.7. The molecule has 1 saturated heterocycles. The fourth-order valence-corrected chi connectivity index (χ4v) is 1.61. The second-order valence-corrected chi connectivity index (χ2v) is 4.15. The monoisotopic (exact) mass is 202 g/mol. The van der Waals surface area contributed by atoms with E-state index in [0.717, 1.165) is 31.3 Å². The predicted molar refractivity (Wildman–Crippen MR) is 57.8 cm³/mol. The average Bonchev–Trinajstić information content (AvgIpc) is 2.51. The van der Waals surface area contributed by atoms with Gasteiger partial charge in [-0.1, -0.05) is 0 Å². The molecule has 0 saturated carbocycles. The van der Waals surface area contributed by atoms with Crippen molar-refractivity contribution in [2.24, 2.45) is 5.92 Å². The molecule has 0 aromatic rings. The zero-order valence-electron chi connectivity index (χ0n) is 8.30. The highest BCUT2D eigenvalue weighted by atomic mass is 32.1. The SMILES string of the molecule is CC(C)NC(=S)NCC1CCOC1. The Morgan fingerprint density at radius 2 is 2.38 bits per heavy atom. The number of rotatable bonds is 3. The summed E-state index contributed by atoms with van der Waals surface area (Å²) in [6.07, 6.45) is 1.15. The predicted octanol–water partition coefficient (Wildman–Crippen LogP) is 0.895. The normalized spacial score (nSPS) is 21.9. The molecule has 1 aliphatic rings. The highest BCUT2D eigenvalue weighted by Gasteiger charge is 2.15. The van der Waals surface area contributed by atoms with Gasteiger partial charge in [0.05, 0.1) is 6.61 Å². The molecule has 0 aromatic heterocycles. The number of nitrogens with one attached hydrogen (secondary N) is 2. The molecule has 0 radical (unpaired) electrons. The molecular weight excluding hydrogens is 184 g/mol. The van der Waals surface area contributed by atoms with Gasteiger partial charge in [0.25, 0.3) is 0 Å². The lowest BCUT2D eigenvalue weighted by Crippen LogP contribution is -2.41. The van der Waals surface area contributed by atoms with Crippen LogP contribution in [0.5, 0.6) is 0 Å². The summed E-state index contributed by atoms with van der Waals surface area (Å²) < 4.78 is 5.27. The quantitative estimate of drug-likeness (QED) is 0.666. The molecule has 2 N–H and O–H groups in total. The van der Waals surface area contributed by atoms with Crippen molar-refractivity contribution in [2.75, 3.05) is 19.8 Å². The van der Waals surface area contributed by atoms with E-state index in [4.69, 9.17) is 17.0 Å². The maximum Gasteiger partial charge on any atom is 0.166 e. The first-order valence-electron chi connectivity index (χ1n) is 4.80. The van der Waals surface area contributed by atoms with E-state index in [0.29, 0.717) is 12.0 Å². The van der Waals surface area contributed by atoms with Gasteiger partial charge in [-0.25, -0.2) is 0 Å². The van der Waals surface area contributed by atoms with Gasteiger partial charge < -0.3 is 15.4 Å². The molecule has 1 fully saturated rings. The molecule has 13 heavy (non-hydrogen) atoms. The van der Waals surface area contributed by atoms with E-state index >= 15 is 0 Å². The molecule has 1 heterocycles. The van der Waals surface area contributed by atoms with E-state index in [-0.39, 0.29) is 0 Å². The smallest absolute Gasteiger partial charge is 0.166 e. The van der Waals surface area contributed by atoms with Gasteiger partial charge in [-0.3, -0.25) is 0 Å². The van der Waals surface area contributed by atoms with Crippen molar-refractivity contribution >= 4 is 17.3 Å². The van der Waals surface area contributed by atoms with Crippen molar-refractivity contribution in [1.29, 1.82) is 0 Å². The Bertz CT molecular complexity index is 167. The van der Waals surface area contributed by atoms with E-state index in [1.165, 1.54) is 0 Å². The van der Waals surface area contributed by atoms with E-state index in [9.17, 15) is 0 Å². The van der Waals surface area contributed by atoms with Gasteiger partial charge in [0.2, 0.25) is 0 Å². The first-order valence-corrected chi connectivity index (χ1v) is 5.21. The molecule has 4 heteroatoms. The van der Waals surface area contributed by atoms with Crippen molar-refractivity contribution in [1.82, 2.24) is 10.6 Å². The van der Waals surface area contributed by atoms with E-state index in [2.05, 4.69) is 24.5 Å². The fourth-order valence-electron chi connectivity index (χ4n) is 1.29. The maximum atomic E-state index is 5.27. The Labute approximate surface area is 85.2 Å². The zero-order valence-corrected chi connectivity index (χ0v) is 9.12. The van der Waals surface area contributed by atoms with Crippen LogP contribution in [0, 0.1) is 5.92 Å². The Morgan fingerprint density at radius 3 is 2.92 bits per heavy atom. The van der Waals surface area contributed by atoms with Crippen LogP contribution >= 0.6 is 12.2 Å². The third kappa shape index (κ3) is 4.43. The molecule has 0 aromatic carbocycles. The molecule has 76 valence electrons. The van der Waals surface area contributed by atoms with Crippen molar-refractivity contribution < 1.29 is 4.74 Å². The van der Waals surface area contributed by atoms with E-state index in [1.807, 2.05) is 0 Å². The number of hydrogen-bond donors (Lipinski definition) is 2. The maximum absolute atomic E-state index is 5.27. The molecule has 3 nitrogen and oxygen atoms in total. The third-order valence-corrected chi connectivity index (χ3v) is 2.26. The van der Waals surface area contributed by atoms with Crippen molar-refractivity contribution in [3.63, 3.8) is 0 Å². The molecule has 1 aliphatic heterocycles. The van der Waals surface area contributed by atoms with Crippen LogP contribution in [0.25, 0.3) is 0 Å². The van der Waals surface area contributed by atoms with Crippen molar-refractivity contribution in [3.05, 3.63) is 0 Å². The summed E-state index contributed by atoms with van der Waals surface area (Å²) in [6.45, 7) is 6.85. The van der Waals surface area contributed by atoms with Crippen molar-refractivity contribution in [2.45, 2.75) is 26.3 Å². The third-order valence-electron chi connectivity index (χ3n) is 2.00. The standard InChI is InChI=1S/C9H18N2OS/c1-7(2)11-9(13)10-5-8-3-4-12-6-8/h7-8H,3-6H2,1-2H3,(H2,10,11,13). The van der Waals surface area contributed by atoms with Crippen molar-refractivity contribution in [3.8, 4) is 0 Å². The zero-order chi connectivity index (χ0) is 9.68. The van der Waals surface area contributed by atoms with Gasteiger partial charge in [-0.15, -0.1) is 0 Å². The summed E-state index contributed by atoms with van der Waals surface area (Å²) in [5, 5.41) is 7.09. The molecule has 0 spiro atoms. The molecule has 0 amide bonds. The van der Waals surface area contributed by atoms with Gasteiger partial charge >= 0.3 is 0 Å². The van der Waals surface area contributed by atoms with E-state index in [1.54, 1.807) is 0 Å². The Hall–Kier alpha value is -0.350. The number of ether oxygens (including phenoxy) is 1. The van der Waals surface area contributed by atoms with Gasteiger partial charge in [0.15, 0.2) is 5.11 Å². The number of thiocarbonyl (C=S) groups is 1. The topological polar surface area (TPSA) is 33.3 Å². The van der Waals surface area contributed by atoms with Gasteiger partial charge in [0, 0.05) is 25.1 Å². The second kappa shape index (κ2) is 5.40. The molecular formula is C9H18N2OS. The lowest BCUT2D eigenvalue weighted by atomic mass is 10.1. The second-order valence-electron chi connectivity index (χ2n) is 3.74. The van der Waals surface area contributed by atoms with Gasteiger partial charge in [0.1, 0.15) is 0 Å². The highest BCUT2D eigenvalue weighted by molar-refractivity contribution is 7.80. The summed E-state index contributed by atoms with van der Waals surface area (Å²) in [5.41, 5.74) is 0. The van der Waals surface area contributed by atoms with Crippen LogP contribution < -0.4 is 10.6 Å². The molecule has 1 rings (SSSR count). The summed E-state index contributed by atoms with van der Waals surface area (Å²) in [7, 11) is 0. The summed E-state index contributed by atoms with van der Waals surface area (Å²) in [5.74, 6) is 0.631. The van der Waals surface area contributed by atoms with Crippen LogP contribution in [-0.2, 0) is 4.74 Å². The minimum absolute atomic E-state index is 0.403. The van der Waals surface area contributed by atoms with Crippen LogP contribution in [0.4, 0.5) is 0 Å². The Morgan fingerprint density at radius 1 is 1.62 bits per heavy atom. The summed E-state index contributed by atoms with van der Waals surface area (Å²) in [6, 6.07) is 0.403. The summed E-state index contributed by atoms with van der Waals surface area (Å²) in [4.78, 5) is 0. The lowest BCUT2D eigenvalue weighted by Gasteiger charge is -2.15. The molecule has 1 unspecified atom stereocenters. The Balaban J connectivity index is 2.07. The summed E-state index contributed by atoms with van der Waals surface area (Å²) >= 11 is 5.10. The van der Waals surface area contributed by atoms with Crippen LogP contribution in [-0.4, -0.2) is 30.9 Å². The van der Waals surface area contributed by atoms with Gasteiger partial charge in [-0.2, -0.15) is 0 Å². The minimum atomic E-state index is 0.403. The minimum Gasteiger partial charge on any atom is -0.381 e. The van der Waals surface area contributed by atoms with Crippen LogP contribution in [0.1, 0.15) is 20.3 Å². The average molecular weight is 202 g/mol. The lowest BCUT2D eigenvalue weighted by molar-refractivity contribution is 0.186. The van der Waals surface area contributed by atoms with Crippen LogP contribution in [0.2, 0.25) is 0 Å². The highest BCUT2D eigenvalue weighted by Crippen LogP contribution is 2.10. The molecule has 1 atom stereocenters. The van der Waals surface area contributed by atoms with Crippen LogP contribution in [0.15, 0.2) is 0 Å². The van der Waals surface area contributed by atoms with Crippen LogP contribution in [0.3, 0.4) is 0 Å². The largest absolute Gasteiger partial charge is 0.381 e. The number of hydrogen-bond acceptors (Lipinski definition) is 2. The molecule has 0 aliphatic carbocycles. The van der Waals surface area contributed by atoms with Gasteiger partial charge in [-0.05, 0) is 32.5 Å². The molecule has 0 bridgehead atoms.